The van der Waals surface area contributed by atoms with Crippen molar-refractivity contribution in [2.45, 2.75) is 142 Å². The van der Waals surface area contributed by atoms with Crippen LogP contribution < -0.4 is 0 Å². The van der Waals surface area contributed by atoms with Crippen molar-refractivity contribution >= 4 is 17.3 Å². The summed E-state index contributed by atoms with van der Waals surface area (Å²) >= 11 is 0. The molecular formula is C42H58O4. The maximum atomic E-state index is 12.1. The average Bonchev–Trinajstić information content (AvgIpc) is 3.56. The zero-order valence-corrected chi connectivity index (χ0v) is 29.0. The summed E-state index contributed by atoms with van der Waals surface area (Å²) in [5, 5.41) is 11.1. The lowest BCUT2D eigenvalue weighted by Gasteiger charge is -2.58. The van der Waals surface area contributed by atoms with Crippen molar-refractivity contribution in [3.05, 3.63) is 23.3 Å². The molecule has 0 amide bonds. The molecule has 4 heteroatoms. The van der Waals surface area contributed by atoms with Crippen LogP contribution in [0, 0.1) is 75.9 Å². The van der Waals surface area contributed by atoms with E-state index in [1.807, 2.05) is 12.2 Å². The summed E-state index contributed by atoms with van der Waals surface area (Å²) in [4.78, 5) is 35.8. The number of allylic oxidation sites excluding steroid dienone is 2. The van der Waals surface area contributed by atoms with Crippen molar-refractivity contribution in [2.24, 2.45) is 63.6 Å². The number of carbonyl (C=O) groups excluding carboxylic acids is 3. The first-order valence-corrected chi connectivity index (χ1v) is 19.1. The highest BCUT2D eigenvalue weighted by Gasteiger charge is 2.63. The van der Waals surface area contributed by atoms with Crippen molar-refractivity contribution in [1.29, 1.82) is 0 Å². The second-order valence-electron chi connectivity index (χ2n) is 17.6. The molecule has 0 heterocycles. The lowest BCUT2D eigenvalue weighted by molar-refractivity contribution is -0.128. The first kappa shape index (κ1) is 32.6. The SMILES string of the molecule is C#CC1(O)CC[C@H]2[C@@H]3CCC4=CC(=O)CC[C@@H]4[C@H]3CC[C@@]21CC.CC(=O)[C@H]1CC[C@H]2[C@@H]3CCC4=CC(=O)CC[C@]4(C)[C@H]3CC[C@]12C. The lowest BCUT2D eigenvalue weighted by atomic mass is 9.47. The Kier molecular flexibility index (Phi) is 8.18. The highest BCUT2D eigenvalue weighted by atomic mass is 16.3. The molecular weight excluding hydrogens is 568 g/mol. The van der Waals surface area contributed by atoms with Gasteiger partial charge in [0.2, 0.25) is 0 Å². The van der Waals surface area contributed by atoms with Crippen molar-refractivity contribution in [3.8, 4) is 12.3 Å². The van der Waals surface area contributed by atoms with Crippen molar-refractivity contribution in [3.63, 3.8) is 0 Å². The number of Topliss-reactive ketones (excluding diaryl/α,β-unsaturated/α-hetero) is 1. The van der Waals surface area contributed by atoms with E-state index in [-0.39, 0.29) is 16.2 Å². The van der Waals surface area contributed by atoms with E-state index in [4.69, 9.17) is 6.42 Å². The highest BCUT2D eigenvalue weighted by molar-refractivity contribution is 5.92. The minimum Gasteiger partial charge on any atom is -0.377 e. The molecule has 46 heavy (non-hydrogen) atoms. The standard InChI is InChI=1S/C21H30O2.C21H28O2/c1-13(22)17-6-7-18-16-5-4-14-12-15(23)8-10-20(14,2)19(16)9-11-21(17,18)3;1-3-20-11-9-17-16-8-6-15(22)13-14(16)5-7-18(17)19(20)10-12-21(20,23)4-2/h12,16-19H,4-11H2,1-3H3;2,13,16-19,23H,3,5-12H2,1H3/t16-,17+,18-,19-,20-,21+;16-,17+,18+,19-,20-,21?/m00/s1. The van der Waals surface area contributed by atoms with Gasteiger partial charge in [-0.05, 0) is 168 Å². The third kappa shape index (κ3) is 4.67. The summed E-state index contributed by atoms with van der Waals surface area (Å²) < 4.78 is 0. The molecule has 0 aromatic carbocycles. The van der Waals surface area contributed by atoms with E-state index in [2.05, 4.69) is 26.7 Å². The Labute approximate surface area is 278 Å². The van der Waals surface area contributed by atoms with Gasteiger partial charge in [-0.1, -0.05) is 37.8 Å². The number of hydrogen-bond acceptors (Lipinski definition) is 4. The summed E-state index contributed by atoms with van der Waals surface area (Å²) in [6.07, 6.45) is 27.8. The number of carbonyl (C=O) groups is 3. The van der Waals surface area contributed by atoms with Crippen LogP contribution in [0.25, 0.3) is 0 Å². The number of fused-ring (bicyclic) bond motifs is 10. The quantitative estimate of drug-likeness (QED) is 0.312. The molecule has 6 fully saturated rings. The number of ketones is 3. The third-order valence-electron chi connectivity index (χ3n) is 16.5. The zero-order valence-electron chi connectivity index (χ0n) is 29.0. The van der Waals surface area contributed by atoms with Crippen LogP contribution in [0.1, 0.15) is 137 Å². The lowest BCUT2D eigenvalue weighted by Crippen LogP contribution is -2.53. The molecule has 8 aliphatic carbocycles. The van der Waals surface area contributed by atoms with Gasteiger partial charge in [0.15, 0.2) is 11.6 Å². The topological polar surface area (TPSA) is 71.4 Å². The minimum atomic E-state index is -0.893. The first-order valence-electron chi connectivity index (χ1n) is 19.1. The van der Waals surface area contributed by atoms with Crippen LogP contribution in [0.4, 0.5) is 0 Å². The summed E-state index contributed by atoms with van der Waals surface area (Å²) in [6, 6.07) is 0. The number of terminal acetylenes is 1. The van der Waals surface area contributed by atoms with Gasteiger partial charge in [-0.15, -0.1) is 6.42 Å². The van der Waals surface area contributed by atoms with Crippen LogP contribution in [0.5, 0.6) is 0 Å². The second-order valence-corrected chi connectivity index (χ2v) is 17.6. The molecule has 0 spiro atoms. The Hall–Kier alpha value is -1.99. The van der Waals surface area contributed by atoms with E-state index < -0.39 is 5.60 Å². The Morgan fingerprint density at radius 2 is 1.54 bits per heavy atom. The zero-order chi connectivity index (χ0) is 32.6. The molecule has 0 aromatic rings. The molecule has 0 aliphatic heterocycles. The van der Waals surface area contributed by atoms with Crippen LogP contribution in [-0.2, 0) is 14.4 Å². The molecule has 4 nitrogen and oxygen atoms in total. The molecule has 0 saturated heterocycles. The molecule has 0 bridgehead atoms. The molecule has 1 unspecified atom stereocenters. The Morgan fingerprint density at radius 1 is 0.804 bits per heavy atom. The molecule has 1 N–H and O–H groups in total. The molecule has 0 radical (unpaired) electrons. The van der Waals surface area contributed by atoms with E-state index >= 15 is 0 Å². The van der Waals surface area contributed by atoms with Crippen LogP contribution in [0.2, 0.25) is 0 Å². The maximum Gasteiger partial charge on any atom is 0.155 e. The molecule has 12 atom stereocenters. The van der Waals surface area contributed by atoms with Gasteiger partial charge in [0.1, 0.15) is 11.4 Å². The minimum absolute atomic E-state index is 0.0609. The van der Waals surface area contributed by atoms with Gasteiger partial charge >= 0.3 is 0 Å². The predicted octanol–water partition coefficient (Wildman–Crippen LogP) is 8.61. The Balaban J connectivity index is 0.000000147. The molecule has 8 aliphatic rings. The molecule has 0 aromatic heterocycles. The average molecular weight is 627 g/mol. The van der Waals surface area contributed by atoms with E-state index in [1.54, 1.807) is 6.92 Å². The van der Waals surface area contributed by atoms with Crippen LogP contribution in [0.15, 0.2) is 23.3 Å². The van der Waals surface area contributed by atoms with E-state index in [1.165, 1.54) is 49.7 Å². The largest absolute Gasteiger partial charge is 0.377 e. The monoisotopic (exact) mass is 626 g/mol. The third-order valence-corrected chi connectivity index (χ3v) is 16.5. The second kappa shape index (κ2) is 11.6. The Morgan fingerprint density at radius 3 is 2.28 bits per heavy atom. The van der Waals surface area contributed by atoms with E-state index in [0.29, 0.717) is 46.9 Å². The fourth-order valence-corrected chi connectivity index (χ4v) is 14.2. The van der Waals surface area contributed by atoms with Gasteiger partial charge in [0.05, 0.1) is 0 Å². The van der Waals surface area contributed by atoms with Crippen molar-refractivity contribution in [2.75, 3.05) is 0 Å². The summed E-state index contributed by atoms with van der Waals surface area (Å²) in [6.45, 7) is 8.86. The number of aliphatic hydroxyl groups is 1. The Bertz CT molecular complexity index is 1400. The predicted molar refractivity (Wildman–Crippen MR) is 181 cm³/mol. The highest BCUT2D eigenvalue weighted by Crippen LogP contribution is 2.68. The van der Waals surface area contributed by atoms with Gasteiger partial charge in [-0.25, -0.2) is 0 Å². The van der Waals surface area contributed by atoms with Gasteiger partial charge in [-0.2, -0.15) is 0 Å². The summed E-state index contributed by atoms with van der Waals surface area (Å²) in [5.74, 6) is 9.02. The van der Waals surface area contributed by atoms with Crippen LogP contribution >= 0.6 is 0 Å². The fourth-order valence-electron chi connectivity index (χ4n) is 14.2. The van der Waals surface area contributed by atoms with E-state index in [9.17, 15) is 19.5 Å². The molecule has 8 rings (SSSR count). The van der Waals surface area contributed by atoms with Crippen LogP contribution in [-0.4, -0.2) is 28.1 Å². The van der Waals surface area contributed by atoms with E-state index in [0.717, 1.165) is 88.4 Å². The van der Waals surface area contributed by atoms with Gasteiger partial charge in [0, 0.05) is 24.2 Å². The van der Waals surface area contributed by atoms with Gasteiger partial charge < -0.3 is 5.11 Å². The molecule has 6 saturated carbocycles. The van der Waals surface area contributed by atoms with Crippen molar-refractivity contribution < 1.29 is 19.5 Å². The number of hydrogen-bond donors (Lipinski definition) is 1. The normalized spacial score (nSPS) is 48.9. The van der Waals surface area contributed by atoms with Gasteiger partial charge in [0.25, 0.3) is 0 Å². The first-order chi connectivity index (χ1) is 21.9. The smallest absolute Gasteiger partial charge is 0.155 e. The van der Waals surface area contributed by atoms with Crippen molar-refractivity contribution in [1.82, 2.24) is 0 Å². The maximum absolute atomic E-state index is 12.1. The summed E-state index contributed by atoms with van der Waals surface area (Å²) in [5.41, 5.74) is 2.42. The number of rotatable bonds is 2. The van der Waals surface area contributed by atoms with Gasteiger partial charge in [-0.3, -0.25) is 14.4 Å². The summed E-state index contributed by atoms with van der Waals surface area (Å²) in [7, 11) is 0. The molecule has 250 valence electrons. The fraction of sp³-hybridized carbons (Fsp3) is 0.786. The van der Waals surface area contributed by atoms with Crippen LogP contribution in [0.3, 0.4) is 0 Å².